The summed E-state index contributed by atoms with van der Waals surface area (Å²) in [5.74, 6) is -1.31. The number of methoxy groups -OCH3 is 1. The third-order valence-electron chi connectivity index (χ3n) is 3.19. The fourth-order valence-corrected chi connectivity index (χ4v) is 2.20. The van der Waals surface area contributed by atoms with Crippen LogP contribution in [0.4, 0.5) is 8.78 Å². The average molecular weight is 278 g/mol. The van der Waals surface area contributed by atoms with Crippen molar-refractivity contribution in [1.29, 1.82) is 0 Å². The first-order valence-corrected chi connectivity index (χ1v) is 6.26. The van der Waals surface area contributed by atoms with Gasteiger partial charge in [0, 0.05) is 19.6 Å². The van der Waals surface area contributed by atoms with Crippen LogP contribution >= 0.6 is 0 Å². The Morgan fingerprint density at radius 3 is 2.40 bits per heavy atom. The van der Waals surface area contributed by atoms with Gasteiger partial charge < -0.3 is 9.84 Å². The molecular weight excluding hydrogens is 262 g/mol. The van der Waals surface area contributed by atoms with Gasteiger partial charge in [-0.25, -0.2) is 8.78 Å². The van der Waals surface area contributed by atoms with E-state index >= 15 is 0 Å². The molecule has 20 heavy (non-hydrogen) atoms. The lowest BCUT2D eigenvalue weighted by Crippen LogP contribution is -2.34. The Morgan fingerprint density at radius 2 is 1.80 bits per heavy atom. The predicted molar refractivity (Wildman–Crippen MR) is 72.3 cm³/mol. The first-order chi connectivity index (χ1) is 9.55. The van der Waals surface area contributed by atoms with Crippen molar-refractivity contribution >= 4 is 0 Å². The lowest BCUT2D eigenvalue weighted by Gasteiger charge is -2.28. The van der Waals surface area contributed by atoms with E-state index in [9.17, 15) is 13.9 Å². The Hall–Kier alpha value is -1.78. The maximum atomic E-state index is 13.7. The van der Waals surface area contributed by atoms with Crippen LogP contribution in [0.3, 0.4) is 0 Å². The summed E-state index contributed by atoms with van der Waals surface area (Å²) in [4.78, 5) is 0. The molecule has 0 fully saturated rings. The summed E-state index contributed by atoms with van der Waals surface area (Å²) < 4.78 is 31.7. The van der Waals surface area contributed by atoms with Crippen molar-refractivity contribution in [3.8, 4) is 0 Å². The van der Waals surface area contributed by atoms with Crippen molar-refractivity contribution in [2.24, 2.45) is 0 Å². The molecule has 0 spiro atoms. The molecular formula is C16H16F2O2. The number of halogens is 2. The van der Waals surface area contributed by atoms with Gasteiger partial charge >= 0.3 is 0 Å². The topological polar surface area (TPSA) is 29.5 Å². The standard InChI is InChI=1S/C16H16F2O2/c1-20-11-16(19,13-5-3-2-4-6-13)10-12-7-8-14(17)9-15(12)18/h2-9,19H,10-11H2,1H3. The van der Waals surface area contributed by atoms with E-state index in [1.165, 1.54) is 19.2 Å². The van der Waals surface area contributed by atoms with Crippen LogP contribution in [-0.2, 0) is 16.8 Å². The minimum atomic E-state index is -1.35. The Kier molecular flexibility index (Phi) is 4.47. The molecule has 1 unspecified atom stereocenters. The molecule has 0 aliphatic carbocycles. The lowest BCUT2D eigenvalue weighted by atomic mass is 9.87. The molecule has 2 rings (SSSR count). The van der Waals surface area contributed by atoms with E-state index in [4.69, 9.17) is 4.74 Å². The molecule has 0 radical (unpaired) electrons. The number of benzene rings is 2. The van der Waals surface area contributed by atoms with Gasteiger partial charge in [-0.05, 0) is 17.2 Å². The summed E-state index contributed by atoms with van der Waals surface area (Å²) in [6.07, 6.45) is 0.0109. The molecule has 1 atom stereocenters. The van der Waals surface area contributed by atoms with E-state index in [1.54, 1.807) is 24.3 Å². The largest absolute Gasteiger partial charge is 0.382 e. The summed E-state index contributed by atoms with van der Waals surface area (Å²) in [6, 6.07) is 12.2. The molecule has 0 saturated carbocycles. The molecule has 0 aromatic heterocycles. The van der Waals surface area contributed by atoms with Crippen molar-refractivity contribution in [3.63, 3.8) is 0 Å². The Bertz CT molecular complexity index is 572. The highest BCUT2D eigenvalue weighted by atomic mass is 19.1. The van der Waals surface area contributed by atoms with Gasteiger partial charge in [0.1, 0.15) is 17.2 Å². The van der Waals surface area contributed by atoms with Crippen LogP contribution in [0.25, 0.3) is 0 Å². The second-order valence-electron chi connectivity index (χ2n) is 4.74. The molecule has 106 valence electrons. The highest BCUT2D eigenvalue weighted by Gasteiger charge is 2.30. The molecule has 0 bridgehead atoms. The summed E-state index contributed by atoms with van der Waals surface area (Å²) in [7, 11) is 1.47. The van der Waals surface area contributed by atoms with E-state index in [0.29, 0.717) is 5.56 Å². The molecule has 2 aromatic rings. The monoisotopic (exact) mass is 278 g/mol. The van der Waals surface area contributed by atoms with Gasteiger partial charge in [-0.3, -0.25) is 0 Å². The number of hydrogen-bond donors (Lipinski definition) is 1. The highest BCUT2D eigenvalue weighted by molar-refractivity contribution is 5.28. The van der Waals surface area contributed by atoms with Crippen LogP contribution in [0.15, 0.2) is 48.5 Å². The normalized spacial score (nSPS) is 14.0. The molecule has 0 heterocycles. The Balaban J connectivity index is 2.34. The zero-order valence-electron chi connectivity index (χ0n) is 11.1. The van der Waals surface area contributed by atoms with Crippen molar-refractivity contribution < 1.29 is 18.6 Å². The third kappa shape index (κ3) is 3.21. The maximum Gasteiger partial charge on any atom is 0.129 e. The van der Waals surface area contributed by atoms with Crippen molar-refractivity contribution in [2.75, 3.05) is 13.7 Å². The first-order valence-electron chi connectivity index (χ1n) is 6.26. The molecule has 0 aliphatic heterocycles. The number of rotatable bonds is 5. The van der Waals surface area contributed by atoms with Gasteiger partial charge in [-0.1, -0.05) is 36.4 Å². The van der Waals surface area contributed by atoms with Crippen LogP contribution in [0.5, 0.6) is 0 Å². The van der Waals surface area contributed by atoms with Gasteiger partial charge in [-0.15, -0.1) is 0 Å². The second-order valence-corrected chi connectivity index (χ2v) is 4.74. The number of aliphatic hydroxyl groups is 1. The lowest BCUT2D eigenvalue weighted by molar-refractivity contribution is -0.0360. The average Bonchev–Trinajstić information content (AvgIpc) is 2.43. The minimum Gasteiger partial charge on any atom is -0.382 e. The molecule has 2 nitrogen and oxygen atoms in total. The van der Waals surface area contributed by atoms with E-state index in [-0.39, 0.29) is 18.6 Å². The molecule has 2 aromatic carbocycles. The molecule has 0 saturated heterocycles. The number of hydrogen-bond acceptors (Lipinski definition) is 2. The van der Waals surface area contributed by atoms with Gasteiger partial charge in [0.2, 0.25) is 0 Å². The summed E-state index contributed by atoms with van der Waals surface area (Å²) in [5, 5.41) is 10.7. The van der Waals surface area contributed by atoms with Gasteiger partial charge in [0.15, 0.2) is 0 Å². The van der Waals surface area contributed by atoms with Gasteiger partial charge in [-0.2, -0.15) is 0 Å². The Labute approximate surface area is 116 Å². The van der Waals surface area contributed by atoms with E-state index < -0.39 is 17.2 Å². The quantitative estimate of drug-likeness (QED) is 0.911. The Morgan fingerprint density at radius 1 is 1.10 bits per heavy atom. The van der Waals surface area contributed by atoms with Gasteiger partial charge in [0.05, 0.1) is 6.61 Å². The fraction of sp³-hybridized carbons (Fsp3) is 0.250. The summed E-state index contributed by atoms with van der Waals surface area (Å²) >= 11 is 0. The first kappa shape index (κ1) is 14.6. The van der Waals surface area contributed by atoms with Crippen LogP contribution in [0.1, 0.15) is 11.1 Å². The summed E-state index contributed by atoms with van der Waals surface area (Å²) in [6.45, 7) is 0.0217. The van der Waals surface area contributed by atoms with E-state index in [2.05, 4.69) is 0 Å². The third-order valence-corrected chi connectivity index (χ3v) is 3.19. The molecule has 0 aliphatic rings. The smallest absolute Gasteiger partial charge is 0.129 e. The second kappa shape index (κ2) is 6.11. The number of ether oxygens (including phenoxy) is 1. The summed E-state index contributed by atoms with van der Waals surface area (Å²) in [5.41, 5.74) is -0.477. The molecule has 0 amide bonds. The van der Waals surface area contributed by atoms with Crippen molar-refractivity contribution in [3.05, 3.63) is 71.3 Å². The predicted octanol–water partition coefficient (Wildman–Crippen LogP) is 3.04. The van der Waals surface area contributed by atoms with Gasteiger partial charge in [0.25, 0.3) is 0 Å². The van der Waals surface area contributed by atoms with Crippen molar-refractivity contribution in [1.82, 2.24) is 0 Å². The SMILES string of the molecule is COCC(O)(Cc1ccc(F)cc1F)c1ccccc1. The van der Waals surface area contributed by atoms with Crippen LogP contribution in [0, 0.1) is 11.6 Å². The fourth-order valence-electron chi connectivity index (χ4n) is 2.20. The highest BCUT2D eigenvalue weighted by Crippen LogP contribution is 2.27. The maximum absolute atomic E-state index is 13.7. The van der Waals surface area contributed by atoms with Crippen LogP contribution in [-0.4, -0.2) is 18.8 Å². The van der Waals surface area contributed by atoms with Crippen molar-refractivity contribution in [2.45, 2.75) is 12.0 Å². The zero-order chi connectivity index (χ0) is 14.6. The van der Waals surface area contributed by atoms with Crippen LogP contribution in [0.2, 0.25) is 0 Å². The molecule has 1 N–H and O–H groups in total. The molecule has 4 heteroatoms. The van der Waals surface area contributed by atoms with E-state index in [0.717, 1.165) is 6.07 Å². The minimum absolute atomic E-state index is 0.0109. The zero-order valence-corrected chi connectivity index (χ0v) is 11.1. The van der Waals surface area contributed by atoms with E-state index in [1.807, 2.05) is 6.07 Å². The van der Waals surface area contributed by atoms with Crippen LogP contribution < -0.4 is 0 Å².